The predicted molar refractivity (Wildman–Crippen MR) is 92.5 cm³/mol. The van der Waals surface area contributed by atoms with Crippen molar-refractivity contribution in [3.63, 3.8) is 0 Å². The van der Waals surface area contributed by atoms with E-state index in [4.69, 9.17) is 9.26 Å². The average Bonchev–Trinajstić information content (AvgIpc) is 3.12. The number of carbonyl (C=O) groups excluding carboxylic acids is 2. The molecule has 2 aromatic rings. The van der Waals surface area contributed by atoms with Gasteiger partial charge < -0.3 is 9.26 Å². The molecular formula is C19H21N3O4. The summed E-state index contributed by atoms with van der Waals surface area (Å²) in [5.74, 6) is 0.515. The molecule has 2 aliphatic rings. The van der Waals surface area contributed by atoms with Crippen molar-refractivity contribution >= 4 is 11.8 Å². The molecule has 2 amide bonds. The number of benzene rings is 1. The van der Waals surface area contributed by atoms with E-state index in [2.05, 4.69) is 5.16 Å². The van der Waals surface area contributed by atoms with Crippen molar-refractivity contribution in [3.05, 3.63) is 47.3 Å². The highest BCUT2D eigenvalue weighted by atomic mass is 16.5. The van der Waals surface area contributed by atoms with Crippen molar-refractivity contribution in [1.82, 2.24) is 15.2 Å². The minimum atomic E-state index is -0.529. The van der Waals surface area contributed by atoms with Crippen molar-refractivity contribution in [2.75, 3.05) is 20.2 Å². The highest BCUT2D eigenvalue weighted by Gasteiger charge is 2.55. The molecule has 4 rings (SSSR count). The summed E-state index contributed by atoms with van der Waals surface area (Å²) < 4.78 is 10.1. The number of hydrazine groups is 1. The largest absolute Gasteiger partial charge is 0.497 e. The van der Waals surface area contributed by atoms with Gasteiger partial charge in [-0.3, -0.25) is 14.6 Å². The Balaban J connectivity index is 1.58. The lowest BCUT2D eigenvalue weighted by atomic mass is 9.94. The van der Waals surface area contributed by atoms with Crippen LogP contribution in [0.5, 0.6) is 5.75 Å². The number of ether oxygens (including phenoxy) is 1. The maximum absolute atomic E-state index is 13.3. The molecule has 0 N–H and O–H groups in total. The van der Waals surface area contributed by atoms with E-state index >= 15 is 0 Å². The lowest BCUT2D eigenvalue weighted by molar-refractivity contribution is -0.143. The van der Waals surface area contributed by atoms with Crippen LogP contribution in [0.4, 0.5) is 0 Å². The second kappa shape index (κ2) is 6.16. The van der Waals surface area contributed by atoms with E-state index in [9.17, 15) is 9.59 Å². The van der Waals surface area contributed by atoms with E-state index in [0.717, 1.165) is 30.6 Å². The van der Waals surface area contributed by atoms with Gasteiger partial charge in [-0.05, 0) is 43.9 Å². The number of methoxy groups -OCH3 is 1. The summed E-state index contributed by atoms with van der Waals surface area (Å²) in [7, 11) is 1.62. The van der Waals surface area contributed by atoms with Crippen LogP contribution < -0.4 is 4.74 Å². The number of aromatic nitrogens is 1. The van der Waals surface area contributed by atoms with Gasteiger partial charge in [-0.15, -0.1) is 0 Å². The minimum Gasteiger partial charge on any atom is -0.497 e. The van der Waals surface area contributed by atoms with Gasteiger partial charge in [-0.1, -0.05) is 17.3 Å². The molecule has 26 heavy (non-hydrogen) atoms. The SMILES string of the molecule is COc1ccc(C2(C(=O)N3CCCN3C(=O)c3conc3C)CC2)cc1. The molecule has 1 saturated carbocycles. The molecule has 1 saturated heterocycles. The average molecular weight is 355 g/mol. The van der Waals surface area contributed by atoms with Gasteiger partial charge in [0, 0.05) is 13.1 Å². The molecule has 1 aliphatic carbocycles. The van der Waals surface area contributed by atoms with Crippen LogP contribution in [-0.4, -0.2) is 47.2 Å². The van der Waals surface area contributed by atoms with Crippen LogP contribution in [0.1, 0.15) is 40.9 Å². The number of aryl methyl sites for hydroxylation is 1. The van der Waals surface area contributed by atoms with E-state index in [1.807, 2.05) is 24.3 Å². The van der Waals surface area contributed by atoms with E-state index in [1.54, 1.807) is 19.0 Å². The van der Waals surface area contributed by atoms with Gasteiger partial charge >= 0.3 is 0 Å². The summed E-state index contributed by atoms with van der Waals surface area (Å²) >= 11 is 0. The second-order valence-electron chi connectivity index (χ2n) is 6.83. The molecule has 2 fully saturated rings. The topological polar surface area (TPSA) is 75.9 Å². The fraction of sp³-hybridized carbons (Fsp3) is 0.421. The molecule has 0 radical (unpaired) electrons. The van der Waals surface area contributed by atoms with Crippen LogP contribution >= 0.6 is 0 Å². The van der Waals surface area contributed by atoms with Crippen LogP contribution in [0.25, 0.3) is 0 Å². The van der Waals surface area contributed by atoms with Crippen LogP contribution in [0.2, 0.25) is 0 Å². The number of nitrogens with zero attached hydrogens (tertiary/aromatic N) is 3. The third-order valence-corrected chi connectivity index (χ3v) is 5.28. The van der Waals surface area contributed by atoms with Gasteiger partial charge in [-0.2, -0.15) is 0 Å². The van der Waals surface area contributed by atoms with E-state index in [-0.39, 0.29) is 11.8 Å². The Morgan fingerprint density at radius 2 is 1.85 bits per heavy atom. The third kappa shape index (κ3) is 2.55. The third-order valence-electron chi connectivity index (χ3n) is 5.28. The standard InChI is InChI=1S/C19H21N3O4/c1-13-16(12-26-20-13)17(23)21-10-3-11-22(21)18(24)19(8-9-19)14-4-6-15(25-2)7-5-14/h4-7,12H,3,8-11H2,1-2H3. The number of hydrogen-bond acceptors (Lipinski definition) is 5. The Kier molecular flexibility index (Phi) is 3.94. The first-order valence-electron chi connectivity index (χ1n) is 8.76. The molecule has 0 spiro atoms. The normalized spacial score (nSPS) is 18.1. The van der Waals surface area contributed by atoms with Crippen molar-refractivity contribution in [2.45, 2.75) is 31.6 Å². The second-order valence-corrected chi connectivity index (χ2v) is 6.83. The van der Waals surface area contributed by atoms with E-state index in [1.165, 1.54) is 11.3 Å². The molecule has 0 atom stereocenters. The molecule has 1 aromatic carbocycles. The maximum Gasteiger partial charge on any atom is 0.277 e. The number of rotatable bonds is 4. The molecule has 7 nitrogen and oxygen atoms in total. The summed E-state index contributed by atoms with van der Waals surface area (Å²) in [5, 5.41) is 6.90. The van der Waals surface area contributed by atoms with Crippen LogP contribution in [0, 0.1) is 6.92 Å². The molecule has 1 aromatic heterocycles. The van der Waals surface area contributed by atoms with Crippen molar-refractivity contribution in [1.29, 1.82) is 0 Å². The lowest BCUT2D eigenvalue weighted by Gasteiger charge is -2.31. The quantitative estimate of drug-likeness (QED) is 0.841. The number of carbonyl (C=O) groups is 2. The van der Waals surface area contributed by atoms with Crippen molar-refractivity contribution in [2.24, 2.45) is 0 Å². The van der Waals surface area contributed by atoms with Gasteiger partial charge in [-0.25, -0.2) is 5.01 Å². The Labute approximate surface area is 151 Å². The predicted octanol–water partition coefficient (Wildman–Crippen LogP) is 2.31. The highest BCUT2D eigenvalue weighted by molar-refractivity contribution is 5.98. The van der Waals surface area contributed by atoms with Gasteiger partial charge in [0.05, 0.1) is 18.2 Å². The minimum absolute atomic E-state index is 0.0115. The lowest BCUT2D eigenvalue weighted by Crippen LogP contribution is -2.49. The number of hydrogen-bond donors (Lipinski definition) is 0. The molecule has 1 aliphatic heterocycles. The summed E-state index contributed by atoms with van der Waals surface area (Å²) in [6.45, 7) is 2.79. The molecule has 0 bridgehead atoms. The van der Waals surface area contributed by atoms with Crippen LogP contribution in [0.3, 0.4) is 0 Å². The zero-order valence-electron chi connectivity index (χ0n) is 14.9. The van der Waals surface area contributed by atoms with Gasteiger partial charge in [0.25, 0.3) is 11.8 Å². The smallest absolute Gasteiger partial charge is 0.277 e. The molecule has 0 unspecified atom stereocenters. The first-order valence-corrected chi connectivity index (χ1v) is 8.76. The maximum atomic E-state index is 13.3. The van der Waals surface area contributed by atoms with Crippen molar-refractivity contribution in [3.8, 4) is 5.75 Å². The van der Waals surface area contributed by atoms with Crippen LogP contribution in [-0.2, 0) is 10.2 Å². The first-order chi connectivity index (χ1) is 12.6. The monoisotopic (exact) mass is 355 g/mol. The molecule has 2 heterocycles. The van der Waals surface area contributed by atoms with Crippen LogP contribution in [0.15, 0.2) is 35.1 Å². The van der Waals surface area contributed by atoms with E-state index < -0.39 is 5.41 Å². The first kappa shape index (κ1) is 16.6. The van der Waals surface area contributed by atoms with Crippen molar-refractivity contribution < 1.29 is 18.8 Å². The molecule has 136 valence electrons. The summed E-state index contributed by atoms with van der Waals surface area (Å²) in [6.07, 6.45) is 3.70. The summed E-state index contributed by atoms with van der Waals surface area (Å²) in [6, 6.07) is 7.62. The fourth-order valence-corrected chi connectivity index (χ4v) is 3.58. The molecule has 7 heteroatoms. The summed E-state index contributed by atoms with van der Waals surface area (Å²) in [4.78, 5) is 26.1. The Morgan fingerprint density at radius 1 is 1.15 bits per heavy atom. The van der Waals surface area contributed by atoms with Gasteiger partial charge in [0.1, 0.15) is 17.6 Å². The zero-order valence-corrected chi connectivity index (χ0v) is 14.9. The van der Waals surface area contributed by atoms with Gasteiger partial charge in [0.15, 0.2) is 0 Å². The van der Waals surface area contributed by atoms with Gasteiger partial charge in [0.2, 0.25) is 0 Å². The summed E-state index contributed by atoms with van der Waals surface area (Å²) in [5.41, 5.74) is 1.38. The zero-order chi connectivity index (χ0) is 18.3. The molecular weight excluding hydrogens is 334 g/mol. The Morgan fingerprint density at radius 3 is 2.42 bits per heavy atom. The highest BCUT2D eigenvalue weighted by Crippen LogP contribution is 2.50. The Hall–Kier alpha value is -2.83. The Bertz CT molecular complexity index is 839. The number of amides is 2. The fourth-order valence-electron chi connectivity index (χ4n) is 3.58. The van der Waals surface area contributed by atoms with E-state index in [0.29, 0.717) is 24.3 Å².